The summed E-state index contributed by atoms with van der Waals surface area (Å²) in [6.45, 7) is 6.35. The van der Waals surface area contributed by atoms with Crippen LogP contribution >= 0.6 is 0 Å². The number of piperidine rings is 2. The van der Waals surface area contributed by atoms with Crippen molar-refractivity contribution in [2.24, 2.45) is 5.41 Å². The first-order chi connectivity index (χ1) is 18.9. The van der Waals surface area contributed by atoms with E-state index in [0.717, 1.165) is 64.0 Å². The van der Waals surface area contributed by atoms with Gasteiger partial charge in [0.05, 0.1) is 24.4 Å². The van der Waals surface area contributed by atoms with Crippen LogP contribution in [0.4, 0.5) is 10.1 Å². The third kappa shape index (κ3) is 7.29. The Morgan fingerprint density at radius 3 is 2.41 bits per heavy atom. The summed E-state index contributed by atoms with van der Waals surface area (Å²) < 4.78 is 25.4. The summed E-state index contributed by atoms with van der Waals surface area (Å²) in [7, 11) is 0. The molecule has 0 unspecified atom stereocenters. The van der Waals surface area contributed by atoms with Gasteiger partial charge in [-0.25, -0.2) is 4.39 Å². The minimum Gasteiger partial charge on any atom is -0.492 e. The average molecular weight is 540 g/mol. The number of para-hydroxylation sites is 1. The van der Waals surface area contributed by atoms with E-state index in [4.69, 9.17) is 9.47 Å². The first-order valence-electron chi connectivity index (χ1n) is 14.5. The van der Waals surface area contributed by atoms with Crippen molar-refractivity contribution in [2.75, 3.05) is 64.0 Å². The van der Waals surface area contributed by atoms with Crippen molar-refractivity contribution < 1.29 is 23.8 Å². The quantitative estimate of drug-likeness (QED) is 0.608. The predicted octanol–water partition coefficient (Wildman–Crippen LogP) is 4.25. The fraction of sp³-hybridized carbons (Fsp3) is 0.581. The minimum absolute atomic E-state index is 0.0404. The van der Waals surface area contributed by atoms with E-state index in [0.29, 0.717) is 57.1 Å². The Hall–Kier alpha value is -2.68. The summed E-state index contributed by atoms with van der Waals surface area (Å²) >= 11 is 0. The Balaban J connectivity index is 1.18. The number of likely N-dealkylation sites (tertiary alicyclic amines) is 1. The summed E-state index contributed by atoms with van der Waals surface area (Å²) in [6.07, 6.45) is 6.55. The lowest BCUT2D eigenvalue weighted by Gasteiger charge is -2.46. The van der Waals surface area contributed by atoms with Crippen molar-refractivity contribution in [3.05, 3.63) is 59.9 Å². The molecule has 3 aliphatic rings. The van der Waals surface area contributed by atoms with E-state index in [9.17, 15) is 14.3 Å². The molecule has 1 amide bonds. The number of nitrogens with one attached hydrogen (secondary N) is 1. The molecule has 212 valence electrons. The molecule has 2 fully saturated rings. The second kappa shape index (κ2) is 12.7. The summed E-state index contributed by atoms with van der Waals surface area (Å²) in [5.74, 6) is 0.280. The summed E-state index contributed by atoms with van der Waals surface area (Å²) in [4.78, 5) is 17.4. The zero-order valence-electron chi connectivity index (χ0n) is 22.9. The number of β-amino-alcohol motifs (C(OH)–C–C–N with tert-alkyl or cyclic N) is 1. The lowest BCUT2D eigenvalue weighted by molar-refractivity contribution is -0.0379. The zero-order valence-corrected chi connectivity index (χ0v) is 22.9. The molecule has 2 aromatic rings. The van der Waals surface area contributed by atoms with Crippen molar-refractivity contribution in [1.29, 1.82) is 0 Å². The number of hydrogen-bond donors (Lipinski definition) is 2. The van der Waals surface area contributed by atoms with E-state index >= 15 is 0 Å². The van der Waals surface area contributed by atoms with Crippen LogP contribution in [-0.2, 0) is 4.74 Å². The van der Waals surface area contributed by atoms with E-state index in [2.05, 4.69) is 15.1 Å². The van der Waals surface area contributed by atoms with Gasteiger partial charge in [-0.05, 0) is 88.0 Å². The molecule has 0 aromatic heterocycles. The average Bonchev–Trinajstić information content (AvgIpc) is 2.95. The Morgan fingerprint density at radius 2 is 1.64 bits per heavy atom. The summed E-state index contributed by atoms with van der Waals surface area (Å²) in [5.41, 5.74) is 0.913. The van der Waals surface area contributed by atoms with E-state index in [1.807, 2.05) is 36.4 Å². The molecule has 2 aromatic carbocycles. The standard InChI is InChI=1S/C31H42FN3O4/c32-25-7-9-26(10-8-25)35-19-14-31(37,15-20-35)23-34-17-12-30(13-18-34)11-3-4-21-38-22-16-33-29(36)27-5-1-2-6-28(27)39-24-30/h1-2,5-10,37H,3-4,11-24H2,(H,33,36). The van der Waals surface area contributed by atoms with Gasteiger partial charge in [-0.15, -0.1) is 0 Å². The first-order valence-corrected chi connectivity index (χ1v) is 14.5. The smallest absolute Gasteiger partial charge is 0.255 e. The van der Waals surface area contributed by atoms with Crippen molar-refractivity contribution >= 4 is 11.6 Å². The van der Waals surface area contributed by atoms with Crippen molar-refractivity contribution in [3.8, 4) is 5.75 Å². The van der Waals surface area contributed by atoms with Crippen LogP contribution in [0.2, 0.25) is 0 Å². The monoisotopic (exact) mass is 539 g/mol. The number of anilines is 1. The lowest BCUT2D eigenvalue weighted by Crippen LogP contribution is -2.53. The molecular weight excluding hydrogens is 497 g/mol. The number of carbonyl (C=O) groups is 1. The maximum absolute atomic E-state index is 13.3. The van der Waals surface area contributed by atoms with Crippen LogP contribution in [0.5, 0.6) is 5.75 Å². The largest absolute Gasteiger partial charge is 0.492 e. The van der Waals surface area contributed by atoms with E-state index < -0.39 is 5.60 Å². The fourth-order valence-electron chi connectivity index (χ4n) is 6.21. The van der Waals surface area contributed by atoms with Crippen LogP contribution in [0.1, 0.15) is 55.3 Å². The van der Waals surface area contributed by atoms with Gasteiger partial charge in [-0.3, -0.25) is 4.79 Å². The maximum atomic E-state index is 13.3. The second-order valence-electron chi connectivity index (χ2n) is 11.6. The van der Waals surface area contributed by atoms with Gasteiger partial charge in [0, 0.05) is 43.9 Å². The van der Waals surface area contributed by atoms with Gasteiger partial charge in [-0.2, -0.15) is 0 Å². The van der Waals surface area contributed by atoms with Gasteiger partial charge in [0.25, 0.3) is 5.91 Å². The van der Waals surface area contributed by atoms with Crippen molar-refractivity contribution in [1.82, 2.24) is 10.2 Å². The molecule has 2 saturated heterocycles. The van der Waals surface area contributed by atoms with Crippen LogP contribution in [-0.4, -0.2) is 80.6 Å². The van der Waals surface area contributed by atoms with Gasteiger partial charge in [-0.1, -0.05) is 18.6 Å². The Kier molecular flexibility index (Phi) is 9.05. The van der Waals surface area contributed by atoms with E-state index in [1.54, 1.807) is 0 Å². The molecule has 1 spiro atoms. The summed E-state index contributed by atoms with van der Waals surface area (Å²) in [5, 5.41) is 14.4. The zero-order chi connectivity index (χ0) is 27.1. The maximum Gasteiger partial charge on any atom is 0.255 e. The van der Waals surface area contributed by atoms with Crippen LogP contribution in [0.25, 0.3) is 0 Å². The molecule has 0 bridgehead atoms. The molecule has 3 aliphatic heterocycles. The van der Waals surface area contributed by atoms with Gasteiger partial charge in [0.15, 0.2) is 0 Å². The van der Waals surface area contributed by atoms with Crippen molar-refractivity contribution in [3.63, 3.8) is 0 Å². The highest BCUT2D eigenvalue weighted by Crippen LogP contribution is 2.39. The number of halogens is 1. The molecule has 5 rings (SSSR count). The Morgan fingerprint density at radius 1 is 0.897 bits per heavy atom. The molecule has 0 radical (unpaired) electrons. The topological polar surface area (TPSA) is 74.3 Å². The molecule has 8 heteroatoms. The van der Waals surface area contributed by atoms with Crippen molar-refractivity contribution in [2.45, 2.75) is 50.5 Å². The first kappa shape index (κ1) is 27.9. The fourth-order valence-corrected chi connectivity index (χ4v) is 6.21. The normalized spacial score (nSPS) is 22.8. The number of amides is 1. The van der Waals surface area contributed by atoms with Gasteiger partial charge in [0.1, 0.15) is 11.6 Å². The van der Waals surface area contributed by atoms with Gasteiger partial charge in [0.2, 0.25) is 0 Å². The number of ether oxygens (including phenoxy) is 2. The second-order valence-corrected chi connectivity index (χ2v) is 11.6. The SMILES string of the molecule is O=C1NCCOCCCCC2(CCN(CC3(O)CCN(c4ccc(F)cc4)CC3)CC2)COc2ccccc21. The lowest BCUT2D eigenvalue weighted by atomic mass is 9.74. The number of carbonyl (C=O) groups excluding carboxylic acids is 1. The highest BCUT2D eigenvalue weighted by atomic mass is 19.1. The van der Waals surface area contributed by atoms with Gasteiger partial charge >= 0.3 is 0 Å². The predicted molar refractivity (Wildman–Crippen MR) is 150 cm³/mol. The molecule has 3 heterocycles. The number of rotatable bonds is 3. The van der Waals surface area contributed by atoms with E-state index in [-0.39, 0.29) is 17.1 Å². The van der Waals surface area contributed by atoms with E-state index in [1.165, 1.54) is 12.1 Å². The molecule has 0 saturated carbocycles. The number of nitrogens with zero attached hydrogens (tertiary/aromatic N) is 2. The number of fused-ring (bicyclic) bond motifs is 1. The van der Waals surface area contributed by atoms with Crippen LogP contribution in [0.3, 0.4) is 0 Å². The third-order valence-corrected chi connectivity index (χ3v) is 8.76. The molecular formula is C31H42FN3O4. The van der Waals surface area contributed by atoms with Crippen LogP contribution < -0.4 is 15.0 Å². The summed E-state index contributed by atoms with van der Waals surface area (Å²) in [6, 6.07) is 14.1. The minimum atomic E-state index is -0.704. The number of benzene rings is 2. The Bertz CT molecular complexity index is 1080. The third-order valence-electron chi connectivity index (χ3n) is 8.76. The Labute approximate surface area is 231 Å². The highest BCUT2D eigenvalue weighted by Gasteiger charge is 2.39. The molecule has 0 atom stereocenters. The number of aliphatic hydroxyl groups is 1. The van der Waals surface area contributed by atoms with Crippen LogP contribution in [0, 0.1) is 11.2 Å². The molecule has 0 aliphatic carbocycles. The molecule has 39 heavy (non-hydrogen) atoms. The molecule has 2 N–H and O–H groups in total. The van der Waals surface area contributed by atoms with Crippen LogP contribution in [0.15, 0.2) is 48.5 Å². The highest BCUT2D eigenvalue weighted by molar-refractivity contribution is 5.96. The van der Waals surface area contributed by atoms with Gasteiger partial charge < -0.3 is 29.7 Å². The molecule has 7 nitrogen and oxygen atoms in total. The number of hydrogen-bond acceptors (Lipinski definition) is 6.